The lowest BCUT2D eigenvalue weighted by Gasteiger charge is -2.28. The monoisotopic (exact) mass is 310 g/mol. The lowest BCUT2D eigenvalue weighted by Crippen LogP contribution is -2.34. The first-order valence-corrected chi connectivity index (χ1v) is 7.90. The average Bonchev–Trinajstić information content (AvgIpc) is 2.59. The van der Waals surface area contributed by atoms with Crippen LogP contribution in [0.1, 0.15) is 23.6 Å². The molecule has 23 heavy (non-hydrogen) atoms. The summed E-state index contributed by atoms with van der Waals surface area (Å²) in [5.74, 6) is 1.02. The number of anilines is 1. The number of nitrogens with zero attached hydrogens (tertiary/aromatic N) is 1. The number of hydrogen-bond acceptors (Lipinski definition) is 3. The van der Waals surface area contributed by atoms with Gasteiger partial charge in [-0.05, 0) is 47.4 Å². The zero-order valence-corrected chi connectivity index (χ0v) is 13.6. The van der Waals surface area contributed by atoms with Crippen LogP contribution in [0.25, 0.3) is 0 Å². The van der Waals surface area contributed by atoms with Gasteiger partial charge in [-0.25, -0.2) is 0 Å². The molecule has 0 saturated carbocycles. The molecule has 0 saturated heterocycles. The number of ether oxygens (including phenoxy) is 1. The van der Waals surface area contributed by atoms with Gasteiger partial charge in [0.15, 0.2) is 0 Å². The quantitative estimate of drug-likeness (QED) is 0.943. The van der Waals surface area contributed by atoms with E-state index < -0.39 is 0 Å². The Morgan fingerprint density at radius 3 is 2.65 bits per heavy atom. The third-order valence-corrected chi connectivity index (χ3v) is 4.32. The number of rotatable bonds is 4. The molecule has 0 bridgehead atoms. The van der Waals surface area contributed by atoms with E-state index in [4.69, 9.17) is 4.74 Å². The van der Waals surface area contributed by atoms with Gasteiger partial charge in [-0.2, -0.15) is 0 Å². The molecule has 3 rings (SSSR count). The van der Waals surface area contributed by atoms with Gasteiger partial charge in [0.05, 0.1) is 7.11 Å². The standard InChI is InChI=1S/C19H22N2O2/c1-14(22)21-10-9-16-11-18(6-5-17(16)13-21)20-12-15-3-7-19(23-2)8-4-15/h3-8,11,20H,9-10,12-13H2,1-2H3. The van der Waals surface area contributed by atoms with Crippen LogP contribution in [0, 0.1) is 0 Å². The van der Waals surface area contributed by atoms with E-state index >= 15 is 0 Å². The van der Waals surface area contributed by atoms with Crippen molar-refractivity contribution in [3.8, 4) is 5.75 Å². The molecule has 2 aromatic carbocycles. The third-order valence-electron chi connectivity index (χ3n) is 4.32. The van der Waals surface area contributed by atoms with Crippen LogP contribution < -0.4 is 10.1 Å². The minimum atomic E-state index is 0.150. The summed E-state index contributed by atoms with van der Waals surface area (Å²) >= 11 is 0. The van der Waals surface area contributed by atoms with E-state index in [0.717, 1.165) is 37.5 Å². The SMILES string of the molecule is COc1ccc(CNc2ccc3c(c2)CCN(C(C)=O)C3)cc1. The third kappa shape index (κ3) is 3.65. The molecule has 1 heterocycles. The average molecular weight is 310 g/mol. The maximum atomic E-state index is 11.5. The molecule has 0 unspecified atom stereocenters. The Balaban J connectivity index is 1.64. The van der Waals surface area contributed by atoms with Gasteiger partial charge in [0.1, 0.15) is 5.75 Å². The molecule has 0 aliphatic carbocycles. The first-order chi connectivity index (χ1) is 11.2. The zero-order valence-electron chi connectivity index (χ0n) is 13.6. The number of hydrogen-bond donors (Lipinski definition) is 1. The van der Waals surface area contributed by atoms with Crippen LogP contribution in [-0.4, -0.2) is 24.5 Å². The fourth-order valence-corrected chi connectivity index (χ4v) is 2.88. The summed E-state index contributed by atoms with van der Waals surface area (Å²) in [6, 6.07) is 14.5. The molecule has 2 aromatic rings. The van der Waals surface area contributed by atoms with Gasteiger partial charge in [0, 0.05) is 32.2 Å². The van der Waals surface area contributed by atoms with Crippen molar-refractivity contribution in [2.75, 3.05) is 19.0 Å². The Bertz CT molecular complexity index is 695. The predicted octanol–water partition coefficient (Wildman–Crippen LogP) is 3.21. The highest BCUT2D eigenvalue weighted by Gasteiger charge is 2.18. The molecule has 0 fully saturated rings. The molecule has 1 N–H and O–H groups in total. The second-order valence-corrected chi connectivity index (χ2v) is 5.88. The first kappa shape index (κ1) is 15.4. The van der Waals surface area contributed by atoms with Crippen LogP contribution in [0.4, 0.5) is 5.69 Å². The van der Waals surface area contributed by atoms with Crippen LogP contribution in [0.15, 0.2) is 42.5 Å². The van der Waals surface area contributed by atoms with Gasteiger partial charge in [-0.15, -0.1) is 0 Å². The van der Waals surface area contributed by atoms with E-state index in [1.807, 2.05) is 17.0 Å². The molecule has 1 aliphatic heterocycles. The van der Waals surface area contributed by atoms with E-state index in [1.165, 1.54) is 16.7 Å². The molecule has 120 valence electrons. The second-order valence-electron chi connectivity index (χ2n) is 5.88. The molecule has 1 amide bonds. The van der Waals surface area contributed by atoms with Crippen molar-refractivity contribution in [3.63, 3.8) is 0 Å². The fraction of sp³-hybridized carbons (Fsp3) is 0.316. The van der Waals surface area contributed by atoms with E-state index in [-0.39, 0.29) is 5.91 Å². The van der Waals surface area contributed by atoms with Crippen LogP contribution in [0.3, 0.4) is 0 Å². The predicted molar refractivity (Wildman–Crippen MR) is 91.6 cm³/mol. The summed E-state index contributed by atoms with van der Waals surface area (Å²) < 4.78 is 5.17. The molecule has 0 atom stereocenters. The zero-order chi connectivity index (χ0) is 16.2. The molecule has 1 aliphatic rings. The lowest BCUT2D eigenvalue weighted by atomic mass is 9.99. The fourth-order valence-electron chi connectivity index (χ4n) is 2.88. The molecular formula is C19H22N2O2. The molecule has 0 spiro atoms. The van der Waals surface area contributed by atoms with Crippen molar-refractivity contribution in [2.24, 2.45) is 0 Å². The van der Waals surface area contributed by atoms with E-state index in [9.17, 15) is 4.79 Å². The summed E-state index contributed by atoms with van der Waals surface area (Å²) in [4.78, 5) is 13.4. The van der Waals surface area contributed by atoms with Gasteiger partial charge in [0.2, 0.25) is 5.91 Å². The Labute approximate surface area is 137 Å². The van der Waals surface area contributed by atoms with Crippen molar-refractivity contribution in [1.29, 1.82) is 0 Å². The maximum absolute atomic E-state index is 11.5. The van der Waals surface area contributed by atoms with Crippen LogP contribution in [0.2, 0.25) is 0 Å². The van der Waals surface area contributed by atoms with Crippen molar-refractivity contribution in [2.45, 2.75) is 26.4 Å². The highest BCUT2D eigenvalue weighted by Crippen LogP contribution is 2.23. The minimum Gasteiger partial charge on any atom is -0.497 e. The Morgan fingerprint density at radius 2 is 1.96 bits per heavy atom. The smallest absolute Gasteiger partial charge is 0.219 e. The van der Waals surface area contributed by atoms with Crippen molar-refractivity contribution < 1.29 is 9.53 Å². The number of carbonyl (C=O) groups excluding carboxylic acids is 1. The highest BCUT2D eigenvalue weighted by atomic mass is 16.5. The second kappa shape index (κ2) is 6.73. The van der Waals surface area contributed by atoms with Gasteiger partial charge in [-0.1, -0.05) is 18.2 Å². The van der Waals surface area contributed by atoms with E-state index in [1.54, 1.807) is 14.0 Å². The summed E-state index contributed by atoms with van der Waals surface area (Å²) in [7, 11) is 1.67. The minimum absolute atomic E-state index is 0.150. The summed E-state index contributed by atoms with van der Waals surface area (Å²) in [5.41, 5.74) is 4.92. The van der Waals surface area contributed by atoms with Crippen LogP contribution >= 0.6 is 0 Å². The van der Waals surface area contributed by atoms with Crippen molar-refractivity contribution in [3.05, 3.63) is 59.2 Å². The Morgan fingerprint density at radius 1 is 1.17 bits per heavy atom. The van der Waals surface area contributed by atoms with E-state index in [2.05, 4.69) is 35.6 Å². The topological polar surface area (TPSA) is 41.6 Å². The summed E-state index contributed by atoms with van der Waals surface area (Å²) in [6.07, 6.45) is 0.924. The number of amides is 1. The summed E-state index contributed by atoms with van der Waals surface area (Å²) in [6.45, 7) is 3.95. The molecule has 4 heteroatoms. The van der Waals surface area contributed by atoms with Crippen LogP contribution in [0.5, 0.6) is 5.75 Å². The number of fused-ring (bicyclic) bond motifs is 1. The lowest BCUT2D eigenvalue weighted by molar-refractivity contribution is -0.129. The first-order valence-electron chi connectivity index (χ1n) is 7.90. The number of methoxy groups -OCH3 is 1. The van der Waals surface area contributed by atoms with E-state index in [0.29, 0.717) is 0 Å². The molecule has 4 nitrogen and oxygen atoms in total. The van der Waals surface area contributed by atoms with Crippen molar-refractivity contribution in [1.82, 2.24) is 4.90 Å². The maximum Gasteiger partial charge on any atom is 0.219 e. The van der Waals surface area contributed by atoms with Gasteiger partial charge >= 0.3 is 0 Å². The Hall–Kier alpha value is -2.49. The van der Waals surface area contributed by atoms with Crippen molar-refractivity contribution >= 4 is 11.6 Å². The van der Waals surface area contributed by atoms with Gasteiger partial charge in [-0.3, -0.25) is 4.79 Å². The van der Waals surface area contributed by atoms with Gasteiger partial charge in [0.25, 0.3) is 0 Å². The largest absolute Gasteiger partial charge is 0.497 e. The number of nitrogens with one attached hydrogen (secondary N) is 1. The normalized spacial score (nSPS) is 13.4. The molecular weight excluding hydrogens is 288 g/mol. The molecule has 0 radical (unpaired) electrons. The summed E-state index contributed by atoms with van der Waals surface area (Å²) in [5, 5.41) is 3.46. The Kier molecular flexibility index (Phi) is 4.51. The van der Waals surface area contributed by atoms with Gasteiger partial charge < -0.3 is 15.0 Å². The number of benzene rings is 2. The number of carbonyl (C=O) groups is 1. The molecule has 0 aromatic heterocycles. The highest BCUT2D eigenvalue weighted by molar-refractivity contribution is 5.73. The van der Waals surface area contributed by atoms with Crippen LogP contribution in [-0.2, 0) is 24.3 Å².